The largest absolute Gasteiger partial charge is 0.314 e. The van der Waals surface area contributed by atoms with Crippen molar-refractivity contribution in [3.63, 3.8) is 0 Å². The lowest BCUT2D eigenvalue weighted by atomic mass is 10.3. The van der Waals surface area contributed by atoms with Crippen molar-refractivity contribution in [2.45, 2.75) is 45.6 Å². The average molecular weight is 253 g/mol. The van der Waals surface area contributed by atoms with Gasteiger partial charge in [0.05, 0.1) is 0 Å². The maximum absolute atomic E-state index is 3.61. The van der Waals surface area contributed by atoms with Crippen LogP contribution in [0, 0.1) is 5.92 Å². The van der Waals surface area contributed by atoms with Crippen LogP contribution in [0.25, 0.3) is 0 Å². The Hall–Kier alpha value is -0.120. The van der Waals surface area contributed by atoms with Gasteiger partial charge in [0, 0.05) is 38.8 Å². The highest BCUT2D eigenvalue weighted by Gasteiger charge is 2.32. The third kappa shape index (κ3) is 5.25. The molecule has 0 heterocycles. The zero-order chi connectivity index (χ0) is 12.8. The van der Waals surface area contributed by atoms with Crippen molar-refractivity contribution in [1.82, 2.24) is 15.1 Å². The second-order valence-corrected chi connectivity index (χ2v) is 5.95. The van der Waals surface area contributed by atoms with Crippen LogP contribution >= 0.6 is 0 Å². The number of nitrogens with zero attached hydrogens (tertiary/aromatic N) is 2. The van der Waals surface area contributed by atoms with Crippen molar-refractivity contribution >= 4 is 0 Å². The van der Waals surface area contributed by atoms with Gasteiger partial charge in [0.1, 0.15) is 0 Å². The van der Waals surface area contributed by atoms with E-state index in [1.807, 2.05) is 0 Å². The first-order chi connectivity index (χ1) is 8.83. The van der Waals surface area contributed by atoms with Crippen molar-refractivity contribution < 1.29 is 0 Å². The van der Waals surface area contributed by atoms with Gasteiger partial charge in [-0.05, 0) is 44.7 Å². The number of nitrogens with one attached hydrogen (secondary N) is 1. The number of rotatable bonds is 11. The van der Waals surface area contributed by atoms with Gasteiger partial charge < -0.3 is 10.2 Å². The molecule has 1 N–H and O–H groups in total. The minimum absolute atomic E-state index is 0.940. The van der Waals surface area contributed by atoms with Gasteiger partial charge in [-0.2, -0.15) is 0 Å². The molecule has 0 spiro atoms. The Kier molecular flexibility index (Phi) is 5.93. The van der Waals surface area contributed by atoms with E-state index in [2.05, 4.69) is 29.0 Å². The fourth-order valence-corrected chi connectivity index (χ4v) is 2.62. The quantitative estimate of drug-likeness (QED) is 0.566. The summed E-state index contributed by atoms with van der Waals surface area (Å²) in [5, 5.41) is 3.61. The van der Waals surface area contributed by atoms with E-state index in [0.717, 1.165) is 18.5 Å². The van der Waals surface area contributed by atoms with Gasteiger partial charge in [-0.3, -0.25) is 4.90 Å². The van der Waals surface area contributed by atoms with Gasteiger partial charge in [-0.15, -0.1) is 0 Å². The van der Waals surface area contributed by atoms with E-state index in [1.54, 1.807) is 0 Å². The SMILES string of the molecule is CCN(CC)CCNCCN(CC1CC1)C1CC1. The molecule has 0 radical (unpaired) electrons. The van der Waals surface area contributed by atoms with E-state index in [9.17, 15) is 0 Å². The second kappa shape index (κ2) is 7.46. The molecule has 0 unspecified atom stereocenters. The third-order valence-electron chi connectivity index (χ3n) is 4.33. The first-order valence-corrected chi connectivity index (χ1v) is 8.00. The molecule has 2 rings (SSSR count). The molecule has 106 valence electrons. The zero-order valence-corrected chi connectivity index (χ0v) is 12.3. The van der Waals surface area contributed by atoms with E-state index >= 15 is 0 Å². The maximum atomic E-state index is 3.61. The Morgan fingerprint density at radius 2 is 1.61 bits per heavy atom. The molecule has 0 aliphatic heterocycles. The van der Waals surface area contributed by atoms with Gasteiger partial charge in [-0.25, -0.2) is 0 Å². The Morgan fingerprint density at radius 1 is 0.944 bits per heavy atom. The molecule has 0 aromatic carbocycles. The Labute approximate surface area is 113 Å². The van der Waals surface area contributed by atoms with Crippen molar-refractivity contribution in [2.24, 2.45) is 5.92 Å². The van der Waals surface area contributed by atoms with Crippen LogP contribution in [0.4, 0.5) is 0 Å². The monoisotopic (exact) mass is 253 g/mol. The summed E-state index contributed by atoms with van der Waals surface area (Å²) in [6.45, 7) is 13.0. The number of hydrogen-bond donors (Lipinski definition) is 1. The minimum atomic E-state index is 0.940. The molecule has 3 heteroatoms. The minimum Gasteiger partial charge on any atom is -0.314 e. The Bertz CT molecular complexity index is 220. The van der Waals surface area contributed by atoms with Gasteiger partial charge in [0.25, 0.3) is 0 Å². The molecule has 0 amide bonds. The highest BCUT2D eigenvalue weighted by atomic mass is 15.2. The molecule has 2 aliphatic rings. The van der Waals surface area contributed by atoms with Crippen LogP contribution in [-0.2, 0) is 0 Å². The lowest BCUT2D eigenvalue weighted by Gasteiger charge is -2.23. The van der Waals surface area contributed by atoms with Crippen LogP contribution in [-0.4, -0.2) is 61.7 Å². The number of hydrogen-bond acceptors (Lipinski definition) is 3. The van der Waals surface area contributed by atoms with Gasteiger partial charge in [0.15, 0.2) is 0 Å². The van der Waals surface area contributed by atoms with Crippen LogP contribution in [0.15, 0.2) is 0 Å². The maximum Gasteiger partial charge on any atom is 0.0110 e. The topological polar surface area (TPSA) is 18.5 Å². The van der Waals surface area contributed by atoms with Crippen molar-refractivity contribution in [2.75, 3.05) is 45.8 Å². The fraction of sp³-hybridized carbons (Fsp3) is 1.00. The fourth-order valence-electron chi connectivity index (χ4n) is 2.62. The van der Waals surface area contributed by atoms with Gasteiger partial charge >= 0.3 is 0 Å². The van der Waals surface area contributed by atoms with Crippen LogP contribution in [0.3, 0.4) is 0 Å². The van der Waals surface area contributed by atoms with E-state index in [1.165, 1.54) is 65.0 Å². The summed E-state index contributed by atoms with van der Waals surface area (Å²) in [5.41, 5.74) is 0. The van der Waals surface area contributed by atoms with E-state index in [-0.39, 0.29) is 0 Å². The smallest absolute Gasteiger partial charge is 0.0110 e. The summed E-state index contributed by atoms with van der Waals surface area (Å²) in [4.78, 5) is 5.22. The van der Waals surface area contributed by atoms with Crippen molar-refractivity contribution in [3.8, 4) is 0 Å². The molecular formula is C15H31N3. The lowest BCUT2D eigenvalue weighted by molar-refractivity contribution is 0.248. The molecule has 0 bridgehead atoms. The standard InChI is InChI=1S/C15H31N3/c1-3-17(4-2)11-9-16-10-12-18(15-7-8-15)13-14-5-6-14/h14-16H,3-13H2,1-2H3. The summed E-state index contributed by atoms with van der Waals surface area (Å²) in [7, 11) is 0. The highest BCUT2D eigenvalue weighted by molar-refractivity contribution is 4.88. The molecule has 0 aromatic rings. The molecule has 0 atom stereocenters. The molecule has 0 aromatic heterocycles. The Balaban J connectivity index is 1.50. The second-order valence-electron chi connectivity index (χ2n) is 5.95. The normalized spacial score (nSPS) is 20.0. The summed E-state index contributed by atoms with van der Waals surface area (Å²) in [5.74, 6) is 1.04. The van der Waals surface area contributed by atoms with Crippen LogP contribution in [0.1, 0.15) is 39.5 Å². The molecule has 18 heavy (non-hydrogen) atoms. The van der Waals surface area contributed by atoms with Gasteiger partial charge in [-0.1, -0.05) is 13.8 Å². The first kappa shape index (κ1) is 14.3. The van der Waals surface area contributed by atoms with E-state index < -0.39 is 0 Å². The summed E-state index contributed by atoms with van der Waals surface area (Å²) in [6, 6.07) is 0.940. The molecule has 2 aliphatic carbocycles. The average Bonchev–Trinajstić information content (AvgIpc) is 3.26. The van der Waals surface area contributed by atoms with Crippen molar-refractivity contribution in [1.29, 1.82) is 0 Å². The van der Waals surface area contributed by atoms with Crippen LogP contribution in [0.5, 0.6) is 0 Å². The highest BCUT2D eigenvalue weighted by Crippen LogP contribution is 2.34. The molecule has 2 saturated carbocycles. The molecule has 0 saturated heterocycles. The third-order valence-corrected chi connectivity index (χ3v) is 4.33. The molecular weight excluding hydrogens is 222 g/mol. The number of likely N-dealkylation sites (N-methyl/N-ethyl adjacent to an activating group) is 1. The molecule has 3 nitrogen and oxygen atoms in total. The first-order valence-electron chi connectivity index (χ1n) is 8.00. The van der Waals surface area contributed by atoms with Crippen LogP contribution in [0.2, 0.25) is 0 Å². The predicted octanol–water partition coefficient (Wildman–Crippen LogP) is 1.79. The van der Waals surface area contributed by atoms with Gasteiger partial charge in [0.2, 0.25) is 0 Å². The zero-order valence-electron chi connectivity index (χ0n) is 12.3. The van der Waals surface area contributed by atoms with E-state index in [4.69, 9.17) is 0 Å². The lowest BCUT2D eigenvalue weighted by Crippen LogP contribution is -2.38. The summed E-state index contributed by atoms with van der Waals surface area (Å²) >= 11 is 0. The Morgan fingerprint density at radius 3 is 2.17 bits per heavy atom. The van der Waals surface area contributed by atoms with Crippen molar-refractivity contribution in [3.05, 3.63) is 0 Å². The van der Waals surface area contributed by atoms with E-state index in [0.29, 0.717) is 0 Å². The summed E-state index contributed by atoms with van der Waals surface area (Å²) < 4.78 is 0. The molecule has 2 fully saturated rings. The predicted molar refractivity (Wildman–Crippen MR) is 78.0 cm³/mol. The summed E-state index contributed by atoms with van der Waals surface area (Å²) in [6.07, 6.45) is 5.87. The van der Waals surface area contributed by atoms with Crippen LogP contribution < -0.4 is 5.32 Å².